The van der Waals surface area contributed by atoms with Crippen LogP contribution in [0.1, 0.15) is 47.2 Å². The predicted octanol–water partition coefficient (Wildman–Crippen LogP) is 2.08. The van der Waals surface area contributed by atoms with Crippen molar-refractivity contribution in [3.8, 4) is 11.9 Å². The third-order valence-corrected chi connectivity index (χ3v) is 4.59. The number of fused-ring (bicyclic) bond motifs is 1. The molecule has 4 heterocycles. The number of imidazole rings is 1. The molecule has 130 valence electrons. The number of nitriles is 1. The van der Waals surface area contributed by atoms with Gasteiger partial charge in [0, 0.05) is 37.1 Å². The van der Waals surface area contributed by atoms with Crippen LogP contribution in [0.5, 0.6) is 0 Å². The summed E-state index contributed by atoms with van der Waals surface area (Å²) in [6.07, 6.45) is 10.6. The number of aryl methyl sites for hydroxylation is 1. The second-order valence-corrected chi connectivity index (χ2v) is 6.24. The van der Waals surface area contributed by atoms with Crippen molar-refractivity contribution in [2.24, 2.45) is 0 Å². The largest absolute Gasteiger partial charge is 0.313 e. The third-order valence-electron chi connectivity index (χ3n) is 4.59. The lowest BCUT2D eigenvalue weighted by Gasteiger charge is -2.11. The molecule has 0 radical (unpaired) electrons. The molecule has 0 aromatic carbocycles. The number of hydrogen-bond acceptors (Lipinski definition) is 6. The van der Waals surface area contributed by atoms with Crippen molar-refractivity contribution in [3.05, 3.63) is 54.3 Å². The van der Waals surface area contributed by atoms with Crippen molar-refractivity contribution in [2.75, 3.05) is 0 Å². The van der Waals surface area contributed by atoms with Crippen LogP contribution >= 0.6 is 0 Å². The molecule has 1 aliphatic heterocycles. The number of pyridine rings is 1. The van der Waals surface area contributed by atoms with E-state index in [-0.39, 0.29) is 5.78 Å². The van der Waals surface area contributed by atoms with Crippen molar-refractivity contribution in [3.63, 3.8) is 0 Å². The smallest absolute Gasteiger partial charge is 0.187 e. The lowest BCUT2D eigenvalue weighted by atomic mass is 9.98. The van der Waals surface area contributed by atoms with E-state index in [1.54, 1.807) is 41.6 Å². The fraction of sp³-hybridized carbons (Fsp3) is 0.333. The minimum atomic E-state index is -0.979. The minimum absolute atomic E-state index is 0.296. The average Bonchev–Trinajstić information content (AvgIpc) is 3.28. The zero-order valence-corrected chi connectivity index (χ0v) is 14.1. The van der Waals surface area contributed by atoms with Crippen molar-refractivity contribution >= 4 is 5.78 Å². The Morgan fingerprint density at radius 1 is 1.23 bits per heavy atom. The predicted molar refractivity (Wildman–Crippen MR) is 91.6 cm³/mol. The summed E-state index contributed by atoms with van der Waals surface area (Å²) in [5.41, 5.74) is 0.418. The van der Waals surface area contributed by atoms with Crippen LogP contribution in [0.2, 0.25) is 0 Å². The van der Waals surface area contributed by atoms with Crippen molar-refractivity contribution in [1.29, 1.82) is 5.26 Å². The van der Waals surface area contributed by atoms with E-state index in [1.165, 1.54) is 0 Å². The molecule has 0 saturated carbocycles. The van der Waals surface area contributed by atoms with Crippen LogP contribution in [-0.2, 0) is 13.0 Å². The summed E-state index contributed by atoms with van der Waals surface area (Å²) < 4.78 is 3.65. The van der Waals surface area contributed by atoms with Crippen LogP contribution in [0.25, 0.3) is 5.82 Å². The van der Waals surface area contributed by atoms with E-state index in [4.69, 9.17) is 0 Å². The van der Waals surface area contributed by atoms with Crippen LogP contribution in [0.4, 0.5) is 0 Å². The van der Waals surface area contributed by atoms with Crippen LogP contribution in [-0.4, -0.2) is 35.1 Å². The van der Waals surface area contributed by atoms with Gasteiger partial charge in [-0.1, -0.05) is 6.42 Å². The highest BCUT2D eigenvalue weighted by atomic mass is 16.1. The van der Waals surface area contributed by atoms with E-state index < -0.39 is 5.92 Å². The summed E-state index contributed by atoms with van der Waals surface area (Å²) in [5, 5.41) is 18.0. The number of carbonyl (C=O) groups excluding carboxylic acids is 1. The molecule has 0 bridgehead atoms. The van der Waals surface area contributed by atoms with Gasteiger partial charge in [0.2, 0.25) is 0 Å². The molecular formula is C18H17N7O. The highest BCUT2D eigenvalue weighted by molar-refractivity contribution is 6.02. The molecular weight excluding hydrogens is 330 g/mol. The van der Waals surface area contributed by atoms with Gasteiger partial charge in [0.15, 0.2) is 17.5 Å². The van der Waals surface area contributed by atoms with E-state index in [1.807, 2.05) is 4.57 Å². The molecule has 3 aromatic rings. The number of aromatic nitrogens is 6. The highest BCUT2D eigenvalue weighted by Gasteiger charge is 2.29. The van der Waals surface area contributed by atoms with E-state index in [9.17, 15) is 10.1 Å². The maximum absolute atomic E-state index is 13.0. The summed E-state index contributed by atoms with van der Waals surface area (Å²) in [4.78, 5) is 21.2. The first-order valence-electron chi connectivity index (χ1n) is 8.58. The topological polar surface area (TPSA) is 102 Å². The van der Waals surface area contributed by atoms with Gasteiger partial charge >= 0.3 is 0 Å². The number of Topliss-reactive ketones (excluding diaryl/α,β-unsaturated/α-hetero) is 1. The first-order valence-corrected chi connectivity index (χ1v) is 8.58. The molecule has 0 spiro atoms. The van der Waals surface area contributed by atoms with E-state index in [0.717, 1.165) is 38.1 Å². The molecule has 4 rings (SSSR count). The van der Waals surface area contributed by atoms with Gasteiger partial charge in [0.1, 0.15) is 18.0 Å². The van der Waals surface area contributed by atoms with E-state index in [0.29, 0.717) is 17.2 Å². The lowest BCUT2D eigenvalue weighted by Crippen LogP contribution is -2.18. The molecule has 8 heteroatoms. The summed E-state index contributed by atoms with van der Waals surface area (Å²) in [7, 11) is 0. The van der Waals surface area contributed by atoms with Gasteiger partial charge in [-0.15, -0.1) is 10.2 Å². The Bertz CT molecular complexity index is 968. The van der Waals surface area contributed by atoms with Gasteiger partial charge in [0.25, 0.3) is 0 Å². The highest BCUT2D eigenvalue weighted by Crippen LogP contribution is 2.23. The quantitative estimate of drug-likeness (QED) is 0.670. The molecule has 0 saturated heterocycles. The summed E-state index contributed by atoms with van der Waals surface area (Å²) >= 11 is 0. The van der Waals surface area contributed by atoms with Gasteiger partial charge in [-0.2, -0.15) is 5.26 Å². The molecule has 3 aromatic heterocycles. The fourth-order valence-electron chi connectivity index (χ4n) is 3.23. The van der Waals surface area contributed by atoms with Crippen LogP contribution < -0.4 is 0 Å². The Hall–Kier alpha value is -3.34. The maximum atomic E-state index is 13.0. The molecule has 8 nitrogen and oxygen atoms in total. The first-order chi connectivity index (χ1) is 12.8. The van der Waals surface area contributed by atoms with E-state index in [2.05, 4.69) is 26.2 Å². The van der Waals surface area contributed by atoms with Gasteiger partial charge in [-0.3, -0.25) is 9.36 Å². The van der Waals surface area contributed by atoms with Crippen LogP contribution in [0.15, 0.2) is 37.1 Å². The molecule has 1 atom stereocenters. The summed E-state index contributed by atoms with van der Waals surface area (Å²) in [6, 6.07) is 5.39. The SMILES string of the molecule is N#CC(C(=O)c1ccnc(-n2ccnc2)c1)c1nnc2n1CCCCC2. The molecule has 0 N–H and O–H groups in total. The van der Waals surface area contributed by atoms with Crippen molar-refractivity contribution in [2.45, 2.75) is 38.1 Å². The normalized spacial score (nSPS) is 14.9. The maximum Gasteiger partial charge on any atom is 0.187 e. The second-order valence-electron chi connectivity index (χ2n) is 6.24. The van der Waals surface area contributed by atoms with Crippen molar-refractivity contribution in [1.82, 2.24) is 29.3 Å². The fourth-order valence-corrected chi connectivity index (χ4v) is 3.23. The Morgan fingerprint density at radius 3 is 2.96 bits per heavy atom. The Labute approximate surface area is 150 Å². The lowest BCUT2D eigenvalue weighted by molar-refractivity contribution is 0.0974. The first kappa shape index (κ1) is 16.1. The van der Waals surface area contributed by atoms with Gasteiger partial charge in [-0.05, 0) is 25.0 Å². The van der Waals surface area contributed by atoms with Crippen molar-refractivity contribution < 1.29 is 4.79 Å². The number of nitrogens with zero attached hydrogens (tertiary/aromatic N) is 7. The van der Waals surface area contributed by atoms with Crippen LogP contribution in [0.3, 0.4) is 0 Å². The molecule has 1 aliphatic rings. The molecule has 0 aliphatic carbocycles. The third kappa shape index (κ3) is 2.88. The zero-order chi connectivity index (χ0) is 17.9. The average molecular weight is 347 g/mol. The van der Waals surface area contributed by atoms with E-state index >= 15 is 0 Å². The summed E-state index contributed by atoms with van der Waals surface area (Å²) in [5.74, 6) is 0.600. The number of ketones is 1. The van der Waals surface area contributed by atoms with Crippen LogP contribution in [0, 0.1) is 11.3 Å². The zero-order valence-electron chi connectivity index (χ0n) is 14.1. The monoisotopic (exact) mass is 347 g/mol. The van der Waals surface area contributed by atoms with Gasteiger partial charge in [0.05, 0.1) is 6.07 Å². The minimum Gasteiger partial charge on any atom is -0.313 e. The molecule has 0 fully saturated rings. The summed E-state index contributed by atoms with van der Waals surface area (Å²) in [6.45, 7) is 0.750. The molecule has 0 amide bonds. The Balaban J connectivity index is 1.68. The number of rotatable bonds is 4. The number of carbonyl (C=O) groups is 1. The van der Waals surface area contributed by atoms with Gasteiger partial charge in [-0.25, -0.2) is 9.97 Å². The Morgan fingerprint density at radius 2 is 2.15 bits per heavy atom. The molecule has 26 heavy (non-hydrogen) atoms. The Kier molecular flexibility index (Phi) is 4.27. The number of hydrogen-bond donors (Lipinski definition) is 0. The van der Waals surface area contributed by atoms with Gasteiger partial charge < -0.3 is 4.57 Å². The molecule has 1 unspecified atom stereocenters. The standard InChI is InChI=1S/C18H17N7O/c19-11-14(18-23-22-15-4-2-1-3-8-25(15)18)17(26)13-5-6-21-16(10-13)24-9-7-20-12-24/h5-7,9-10,12,14H,1-4,8H2. The second kappa shape index (κ2) is 6.88.